The van der Waals surface area contributed by atoms with Gasteiger partial charge in [0.25, 0.3) is 0 Å². The molecule has 0 aliphatic rings. The molecule has 1 aromatic carbocycles. The van der Waals surface area contributed by atoms with Gasteiger partial charge in [-0.3, -0.25) is 0 Å². The Morgan fingerprint density at radius 1 is 1.05 bits per heavy atom. The average Bonchev–Trinajstić information content (AvgIpc) is 2.56. The topological polar surface area (TPSA) is 59.1 Å². The molecule has 0 saturated carbocycles. The second-order valence-electron chi connectivity index (χ2n) is 5.06. The summed E-state index contributed by atoms with van der Waals surface area (Å²) in [7, 11) is 1.70. The summed E-state index contributed by atoms with van der Waals surface area (Å²) >= 11 is 0. The van der Waals surface area contributed by atoms with Crippen molar-refractivity contribution in [3.63, 3.8) is 0 Å². The quantitative estimate of drug-likeness (QED) is 0.695. The lowest BCUT2D eigenvalue weighted by Gasteiger charge is -2.10. The van der Waals surface area contributed by atoms with Crippen LogP contribution >= 0.6 is 0 Å². The first-order valence-electron chi connectivity index (χ1n) is 7.75. The lowest BCUT2D eigenvalue weighted by molar-refractivity contribution is 0.410. The van der Waals surface area contributed by atoms with E-state index >= 15 is 0 Å². The van der Waals surface area contributed by atoms with Gasteiger partial charge in [-0.15, -0.1) is 0 Å². The van der Waals surface area contributed by atoms with Gasteiger partial charge in [0.2, 0.25) is 0 Å². The number of hydrogen-bond acceptors (Lipinski definition) is 5. The van der Waals surface area contributed by atoms with Crippen LogP contribution in [0.5, 0.6) is 5.75 Å². The summed E-state index contributed by atoms with van der Waals surface area (Å²) in [6, 6.07) is 10.0. The highest BCUT2D eigenvalue weighted by atomic mass is 16.5. The molecule has 118 valence electrons. The molecular weight excluding hydrogens is 276 g/mol. The van der Waals surface area contributed by atoms with Crippen molar-refractivity contribution < 1.29 is 4.74 Å². The third-order valence-electron chi connectivity index (χ3n) is 3.40. The predicted molar refractivity (Wildman–Crippen MR) is 90.6 cm³/mol. The van der Waals surface area contributed by atoms with Crippen molar-refractivity contribution in [3.05, 3.63) is 42.2 Å². The molecule has 0 spiro atoms. The second kappa shape index (κ2) is 8.87. The molecule has 0 amide bonds. The molecule has 2 rings (SSSR count). The predicted octanol–water partition coefficient (Wildman–Crippen LogP) is 3.35. The Bertz CT molecular complexity index is 574. The standard InChI is InChI=1S/C17H24N4O/c1-3-4-10-18-16-12-17(21-13-20-16)19-11-9-14-7-5-6-8-15(14)22-2/h5-8,12-13H,3-4,9-11H2,1-2H3,(H2,18,19,20,21). The Kier molecular flexibility index (Phi) is 6.48. The van der Waals surface area contributed by atoms with E-state index in [1.165, 1.54) is 12.0 Å². The van der Waals surface area contributed by atoms with E-state index in [1.54, 1.807) is 13.4 Å². The van der Waals surface area contributed by atoms with Crippen LogP contribution in [0.15, 0.2) is 36.7 Å². The monoisotopic (exact) mass is 300 g/mol. The minimum atomic E-state index is 0.797. The van der Waals surface area contributed by atoms with Crippen LogP contribution in [0.25, 0.3) is 0 Å². The van der Waals surface area contributed by atoms with Gasteiger partial charge in [-0.05, 0) is 24.5 Å². The maximum atomic E-state index is 5.36. The molecule has 0 aliphatic carbocycles. The Balaban J connectivity index is 1.85. The molecule has 1 heterocycles. The number of benzene rings is 1. The summed E-state index contributed by atoms with van der Waals surface area (Å²) in [6.45, 7) is 3.91. The van der Waals surface area contributed by atoms with E-state index in [1.807, 2.05) is 24.3 Å². The summed E-state index contributed by atoms with van der Waals surface area (Å²) in [5, 5.41) is 6.63. The van der Waals surface area contributed by atoms with Crippen LogP contribution in [0.3, 0.4) is 0 Å². The zero-order valence-corrected chi connectivity index (χ0v) is 13.3. The Labute approximate surface area is 132 Å². The van der Waals surface area contributed by atoms with Crippen LogP contribution in [0, 0.1) is 0 Å². The van der Waals surface area contributed by atoms with Crippen molar-refractivity contribution in [2.75, 3.05) is 30.8 Å². The van der Waals surface area contributed by atoms with E-state index in [9.17, 15) is 0 Å². The number of nitrogens with one attached hydrogen (secondary N) is 2. The lowest BCUT2D eigenvalue weighted by Crippen LogP contribution is -2.09. The first-order valence-corrected chi connectivity index (χ1v) is 7.75. The molecule has 1 aromatic heterocycles. The molecule has 0 saturated heterocycles. The van der Waals surface area contributed by atoms with Crippen molar-refractivity contribution in [2.24, 2.45) is 0 Å². The number of para-hydroxylation sites is 1. The smallest absolute Gasteiger partial charge is 0.131 e. The van der Waals surface area contributed by atoms with Crippen LogP contribution in [0.2, 0.25) is 0 Å². The average molecular weight is 300 g/mol. The summed E-state index contributed by atoms with van der Waals surface area (Å²) in [4.78, 5) is 8.47. The Morgan fingerprint density at radius 3 is 2.50 bits per heavy atom. The third kappa shape index (κ3) is 4.91. The third-order valence-corrected chi connectivity index (χ3v) is 3.40. The lowest BCUT2D eigenvalue weighted by atomic mass is 10.1. The highest BCUT2D eigenvalue weighted by molar-refractivity contribution is 5.46. The van der Waals surface area contributed by atoms with Gasteiger partial charge in [-0.1, -0.05) is 31.5 Å². The zero-order chi connectivity index (χ0) is 15.6. The van der Waals surface area contributed by atoms with Crippen LogP contribution in [-0.4, -0.2) is 30.2 Å². The van der Waals surface area contributed by atoms with Gasteiger partial charge in [0, 0.05) is 19.2 Å². The van der Waals surface area contributed by atoms with Gasteiger partial charge in [-0.2, -0.15) is 0 Å². The maximum Gasteiger partial charge on any atom is 0.131 e. The van der Waals surface area contributed by atoms with Gasteiger partial charge in [0.05, 0.1) is 7.11 Å². The molecule has 0 radical (unpaired) electrons. The molecule has 5 heteroatoms. The second-order valence-corrected chi connectivity index (χ2v) is 5.06. The maximum absolute atomic E-state index is 5.36. The largest absolute Gasteiger partial charge is 0.496 e. The molecule has 0 aliphatic heterocycles. The van der Waals surface area contributed by atoms with Gasteiger partial charge in [0.1, 0.15) is 23.7 Å². The molecule has 2 aromatic rings. The molecule has 22 heavy (non-hydrogen) atoms. The van der Waals surface area contributed by atoms with Crippen LogP contribution in [-0.2, 0) is 6.42 Å². The zero-order valence-electron chi connectivity index (χ0n) is 13.3. The van der Waals surface area contributed by atoms with Gasteiger partial charge >= 0.3 is 0 Å². The van der Waals surface area contributed by atoms with E-state index in [-0.39, 0.29) is 0 Å². The van der Waals surface area contributed by atoms with Crippen LogP contribution in [0.1, 0.15) is 25.3 Å². The van der Waals surface area contributed by atoms with Gasteiger partial charge < -0.3 is 15.4 Å². The highest BCUT2D eigenvalue weighted by Gasteiger charge is 2.02. The highest BCUT2D eigenvalue weighted by Crippen LogP contribution is 2.18. The van der Waals surface area contributed by atoms with Crippen LogP contribution < -0.4 is 15.4 Å². The van der Waals surface area contributed by atoms with Crippen molar-refractivity contribution in [2.45, 2.75) is 26.2 Å². The number of nitrogens with zero attached hydrogens (tertiary/aromatic N) is 2. The SMILES string of the molecule is CCCCNc1cc(NCCc2ccccc2OC)ncn1. The number of ether oxygens (including phenoxy) is 1. The van der Waals surface area contributed by atoms with E-state index in [2.05, 4.69) is 33.6 Å². The Hall–Kier alpha value is -2.30. The molecule has 2 N–H and O–H groups in total. The molecule has 5 nitrogen and oxygen atoms in total. The summed E-state index contributed by atoms with van der Waals surface area (Å²) in [5.74, 6) is 2.63. The molecule has 0 bridgehead atoms. The van der Waals surface area contributed by atoms with E-state index in [0.717, 1.165) is 43.3 Å². The van der Waals surface area contributed by atoms with Crippen molar-refractivity contribution in [3.8, 4) is 5.75 Å². The fourth-order valence-electron chi connectivity index (χ4n) is 2.18. The normalized spacial score (nSPS) is 10.3. The molecule has 0 fully saturated rings. The van der Waals surface area contributed by atoms with Crippen molar-refractivity contribution in [1.82, 2.24) is 9.97 Å². The van der Waals surface area contributed by atoms with Gasteiger partial charge in [-0.25, -0.2) is 9.97 Å². The van der Waals surface area contributed by atoms with Crippen LogP contribution in [0.4, 0.5) is 11.6 Å². The number of unbranched alkanes of at least 4 members (excludes halogenated alkanes) is 1. The van der Waals surface area contributed by atoms with Gasteiger partial charge in [0.15, 0.2) is 0 Å². The Morgan fingerprint density at radius 2 is 1.77 bits per heavy atom. The number of hydrogen-bond donors (Lipinski definition) is 2. The molecular formula is C17H24N4O. The first-order chi connectivity index (χ1) is 10.8. The summed E-state index contributed by atoms with van der Waals surface area (Å²) in [5.41, 5.74) is 1.19. The van der Waals surface area contributed by atoms with Crippen molar-refractivity contribution in [1.29, 1.82) is 0 Å². The molecule has 0 unspecified atom stereocenters. The summed E-state index contributed by atoms with van der Waals surface area (Å²) < 4.78 is 5.36. The fraction of sp³-hybridized carbons (Fsp3) is 0.412. The minimum absolute atomic E-state index is 0.797. The first kappa shape index (κ1) is 16.1. The van der Waals surface area contributed by atoms with E-state index < -0.39 is 0 Å². The number of aromatic nitrogens is 2. The number of anilines is 2. The molecule has 0 atom stereocenters. The van der Waals surface area contributed by atoms with E-state index in [4.69, 9.17) is 4.74 Å². The van der Waals surface area contributed by atoms with E-state index in [0.29, 0.717) is 0 Å². The minimum Gasteiger partial charge on any atom is -0.496 e. The number of methoxy groups -OCH3 is 1. The van der Waals surface area contributed by atoms with Crippen molar-refractivity contribution >= 4 is 11.6 Å². The number of rotatable bonds is 9. The summed E-state index contributed by atoms with van der Waals surface area (Å²) in [6.07, 6.45) is 4.77. The fourth-order valence-corrected chi connectivity index (χ4v) is 2.18.